The van der Waals surface area contributed by atoms with Crippen molar-refractivity contribution >= 4 is 24.0 Å². The summed E-state index contributed by atoms with van der Waals surface area (Å²) in [7, 11) is 0. The first kappa shape index (κ1) is 17.3. The van der Waals surface area contributed by atoms with Crippen LogP contribution in [0.4, 0.5) is 5.69 Å². The van der Waals surface area contributed by atoms with E-state index in [1.807, 2.05) is 31.2 Å². The molecule has 0 spiro atoms. The molecule has 1 unspecified atom stereocenters. The van der Waals surface area contributed by atoms with E-state index >= 15 is 0 Å². The van der Waals surface area contributed by atoms with Crippen LogP contribution in [0.2, 0.25) is 0 Å². The molecular weight excluding hydrogens is 296 g/mol. The molecule has 1 aliphatic heterocycles. The summed E-state index contributed by atoms with van der Waals surface area (Å²) in [4.78, 5) is 15.1. The molecule has 1 aromatic carbocycles. The Balaban J connectivity index is 0.00000176. The van der Waals surface area contributed by atoms with Gasteiger partial charge in [-0.15, -0.1) is 12.4 Å². The third-order valence-electron chi connectivity index (χ3n) is 5.04. The summed E-state index contributed by atoms with van der Waals surface area (Å²) in [5.74, 6) is 0.187. The molecule has 2 fully saturated rings. The lowest BCUT2D eigenvalue weighted by Crippen LogP contribution is -2.46. The quantitative estimate of drug-likeness (QED) is 0.906. The van der Waals surface area contributed by atoms with Crippen molar-refractivity contribution < 1.29 is 4.79 Å². The van der Waals surface area contributed by atoms with Crippen molar-refractivity contribution in [1.29, 1.82) is 0 Å². The van der Waals surface area contributed by atoms with E-state index < -0.39 is 0 Å². The first-order chi connectivity index (χ1) is 10.3. The minimum atomic E-state index is 0. The van der Waals surface area contributed by atoms with Crippen LogP contribution in [-0.4, -0.2) is 29.4 Å². The van der Waals surface area contributed by atoms with Crippen molar-refractivity contribution in [3.63, 3.8) is 0 Å². The monoisotopic (exact) mass is 322 g/mol. The number of nitrogens with one attached hydrogen (secondary N) is 1. The molecule has 1 N–H and O–H groups in total. The van der Waals surface area contributed by atoms with Crippen molar-refractivity contribution in [3.8, 4) is 0 Å². The Kier molecular flexibility index (Phi) is 6.27. The smallest absolute Gasteiger partial charge is 0.241 e. The molecule has 0 aromatic heterocycles. The van der Waals surface area contributed by atoms with Gasteiger partial charge in [-0.3, -0.25) is 9.69 Å². The molecule has 1 aliphatic carbocycles. The Morgan fingerprint density at radius 1 is 1.09 bits per heavy atom. The van der Waals surface area contributed by atoms with Gasteiger partial charge >= 0.3 is 0 Å². The number of likely N-dealkylation sites (tertiary alicyclic amines) is 1. The van der Waals surface area contributed by atoms with Gasteiger partial charge in [-0.25, -0.2) is 0 Å². The SMILES string of the molecule is Cc1ccccc1NC(=O)C1CCCN1C1CCCCC1.Cl. The molecule has 4 heteroatoms. The highest BCUT2D eigenvalue weighted by atomic mass is 35.5. The summed E-state index contributed by atoms with van der Waals surface area (Å²) < 4.78 is 0. The number of halogens is 1. The van der Waals surface area contributed by atoms with E-state index in [4.69, 9.17) is 0 Å². The summed E-state index contributed by atoms with van der Waals surface area (Å²) in [6, 6.07) is 8.74. The van der Waals surface area contributed by atoms with E-state index in [9.17, 15) is 4.79 Å². The molecule has 0 radical (unpaired) electrons. The summed E-state index contributed by atoms with van der Waals surface area (Å²) in [5, 5.41) is 3.14. The Bertz CT molecular complexity index is 500. The van der Waals surface area contributed by atoms with Crippen LogP contribution in [0, 0.1) is 6.92 Å². The largest absolute Gasteiger partial charge is 0.324 e. The third-order valence-corrected chi connectivity index (χ3v) is 5.04. The molecule has 2 aliphatic rings. The second-order valence-corrected chi connectivity index (χ2v) is 6.49. The molecular formula is C18H27ClN2O. The molecule has 3 nitrogen and oxygen atoms in total. The third kappa shape index (κ3) is 3.82. The maximum Gasteiger partial charge on any atom is 0.241 e. The zero-order chi connectivity index (χ0) is 14.7. The van der Waals surface area contributed by atoms with Gasteiger partial charge in [0.15, 0.2) is 0 Å². The number of carbonyl (C=O) groups is 1. The van der Waals surface area contributed by atoms with Gasteiger partial charge < -0.3 is 5.32 Å². The number of nitrogens with zero attached hydrogens (tertiary/aromatic N) is 1. The summed E-state index contributed by atoms with van der Waals surface area (Å²) in [6.45, 7) is 3.14. The van der Waals surface area contributed by atoms with Crippen molar-refractivity contribution in [2.24, 2.45) is 0 Å². The van der Waals surface area contributed by atoms with Crippen LogP contribution in [0.5, 0.6) is 0 Å². The van der Waals surface area contributed by atoms with Crippen LogP contribution in [0.1, 0.15) is 50.5 Å². The van der Waals surface area contributed by atoms with E-state index in [1.165, 1.54) is 32.1 Å². The number of hydrogen-bond acceptors (Lipinski definition) is 2. The molecule has 1 aromatic rings. The molecule has 122 valence electrons. The predicted octanol–water partition coefficient (Wildman–Crippen LogP) is 4.15. The highest BCUT2D eigenvalue weighted by Crippen LogP contribution is 2.30. The van der Waals surface area contributed by atoms with Crippen LogP contribution < -0.4 is 5.32 Å². The number of rotatable bonds is 3. The molecule has 1 saturated carbocycles. The average molecular weight is 323 g/mol. The lowest BCUT2D eigenvalue weighted by Gasteiger charge is -2.34. The standard InChI is InChI=1S/C18H26N2O.ClH/c1-14-8-5-6-11-16(14)19-18(21)17-12-7-13-20(17)15-9-3-2-4-10-15;/h5-6,8,11,15,17H,2-4,7,9-10,12-13H2,1H3,(H,19,21);1H. The van der Waals surface area contributed by atoms with Crippen LogP contribution >= 0.6 is 12.4 Å². The number of para-hydroxylation sites is 1. The fourth-order valence-corrected chi connectivity index (χ4v) is 3.85. The Morgan fingerprint density at radius 3 is 2.55 bits per heavy atom. The van der Waals surface area contributed by atoms with Crippen molar-refractivity contribution in [2.45, 2.75) is 64.0 Å². The lowest BCUT2D eigenvalue weighted by molar-refractivity contribution is -0.121. The van der Waals surface area contributed by atoms with Gasteiger partial charge in [0.1, 0.15) is 0 Å². The van der Waals surface area contributed by atoms with Gasteiger partial charge in [0.25, 0.3) is 0 Å². The second kappa shape index (κ2) is 7.98. The van der Waals surface area contributed by atoms with E-state index in [0.29, 0.717) is 6.04 Å². The zero-order valence-electron chi connectivity index (χ0n) is 13.4. The topological polar surface area (TPSA) is 32.3 Å². The summed E-state index contributed by atoms with van der Waals surface area (Å²) >= 11 is 0. The molecule has 0 bridgehead atoms. The van der Waals surface area contributed by atoms with Crippen LogP contribution in [0.15, 0.2) is 24.3 Å². The van der Waals surface area contributed by atoms with Crippen molar-refractivity contribution in [2.75, 3.05) is 11.9 Å². The molecule has 22 heavy (non-hydrogen) atoms. The average Bonchev–Trinajstić information content (AvgIpc) is 3.00. The van der Waals surface area contributed by atoms with Gasteiger partial charge in [0.2, 0.25) is 5.91 Å². The van der Waals surface area contributed by atoms with Crippen LogP contribution in [0.25, 0.3) is 0 Å². The molecule has 1 saturated heterocycles. The van der Waals surface area contributed by atoms with Gasteiger partial charge in [0, 0.05) is 11.7 Å². The first-order valence-electron chi connectivity index (χ1n) is 8.38. The molecule has 1 amide bonds. The second-order valence-electron chi connectivity index (χ2n) is 6.49. The number of anilines is 1. The summed E-state index contributed by atoms with van der Waals surface area (Å²) in [5.41, 5.74) is 2.09. The maximum atomic E-state index is 12.7. The lowest BCUT2D eigenvalue weighted by atomic mass is 9.93. The minimum Gasteiger partial charge on any atom is -0.324 e. The van der Waals surface area contributed by atoms with E-state index in [-0.39, 0.29) is 24.4 Å². The van der Waals surface area contributed by atoms with Gasteiger partial charge in [0.05, 0.1) is 6.04 Å². The predicted molar refractivity (Wildman–Crippen MR) is 93.7 cm³/mol. The fraction of sp³-hybridized carbons (Fsp3) is 0.611. The number of hydrogen-bond donors (Lipinski definition) is 1. The maximum absolute atomic E-state index is 12.7. The van der Waals surface area contributed by atoms with Gasteiger partial charge in [-0.05, 0) is 50.8 Å². The number of amides is 1. The molecule has 3 rings (SSSR count). The Labute approximate surface area is 139 Å². The first-order valence-corrected chi connectivity index (χ1v) is 8.38. The highest BCUT2D eigenvalue weighted by molar-refractivity contribution is 5.95. The summed E-state index contributed by atoms with van der Waals surface area (Å²) in [6.07, 6.45) is 8.73. The molecule has 1 atom stereocenters. The minimum absolute atomic E-state index is 0. The highest BCUT2D eigenvalue weighted by Gasteiger charge is 2.35. The van der Waals surface area contributed by atoms with E-state index in [1.54, 1.807) is 0 Å². The fourth-order valence-electron chi connectivity index (χ4n) is 3.85. The number of benzene rings is 1. The van der Waals surface area contributed by atoms with Crippen molar-refractivity contribution in [3.05, 3.63) is 29.8 Å². The Morgan fingerprint density at radius 2 is 1.82 bits per heavy atom. The van der Waals surface area contributed by atoms with Crippen LogP contribution in [-0.2, 0) is 4.79 Å². The van der Waals surface area contributed by atoms with Gasteiger partial charge in [-0.1, -0.05) is 37.5 Å². The molecule has 1 heterocycles. The van der Waals surface area contributed by atoms with E-state index in [2.05, 4.69) is 10.2 Å². The van der Waals surface area contributed by atoms with Crippen LogP contribution in [0.3, 0.4) is 0 Å². The van der Waals surface area contributed by atoms with Gasteiger partial charge in [-0.2, -0.15) is 0 Å². The van der Waals surface area contributed by atoms with Crippen molar-refractivity contribution in [1.82, 2.24) is 4.90 Å². The normalized spacial score (nSPS) is 23.0. The zero-order valence-corrected chi connectivity index (χ0v) is 14.2. The number of aryl methyl sites for hydroxylation is 1. The Hall–Kier alpha value is -1.06. The van der Waals surface area contributed by atoms with E-state index in [0.717, 1.165) is 30.6 Å². The number of carbonyl (C=O) groups excluding carboxylic acids is 1.